The first-order chi connectivity index (χ1) is 15.3. The molecule has 2 aliphatic rings. The summed E-state index contributed by atoms with van der Waals surface area (Å²) in [6.07, 6.45) is 2.19. The topological polar surface area (TPSA) is 91.7 Å². The molecule has 0 spiro atoms. The number of carbonyl (C=O) groups is 3. The van der Waals surface area contributed by atoms with Gasteiger partial charge in [0.2, 0.25) is 11.8 Å². The van der Waals surface area contributed by atoms with E-state index in [2.05, 4.69) is 5.32 Å². The Hall–Kier alpha value is -3.49. The second-order valence-corrected chi connectivity index (χ2v) is 8.16. The van der Waals surface area contributed by atoms with Crippen molar-refractivity contribution in [2.75, 3.05) is 19.6 Å². The highest BCUT2D eigenvalue weighted by molar-refractivity contribution is 5.96. The predicted molar refractivity (Wildman–Crippen MR) is 115 cm³/mol. The fraction of sp³-hybridized carbons (Fsp3) is 0.391. The molecular weight excluding hydrogens is 415 g/mol. The zero-order chi connectivity index (χ0) is 23.0. The minimum Gasteiger partial charge on any atom is -0.347 e. The number of likely N-dealkylation sites (tertiary alicyclic amines) is 1. The lowest BCUT2D eigenvalue weighted by Gasteiger charge is -2.30. The van der Waals surface area contributed by atoms with Crippen molar-refractivity contribution >= 4 is 17.7 Å². The molecule has 32 heavy (non-hydrogen) atoms. The van der Waals surface area contributed by atoms with Crippen molar-refractivity contribution in [3.8, 4) is 5.69 Å². The molecule has 2 aromatic rings. The Balaban J connectivity index is 1.76. The van der Waals surface area contributed by atoms with Gasteiger partial charge < -0.3 is 15.1 Å². The molecule has 8 nitrogen and oxygen atoms in total. The van der Waals surface area contributed by atoms with Crippen LogP contribution < -0.4 is 10.9 Å². The highest BCUT2D eigenvalue weighted by Gasteiger charge is 2.32. The number of nitrogens with zero attached hydrogens (tertiary/aromatic N) is 3. The number of benzene rings is 1. The quantitative estimate of drug-likeness (QED) is 0.774. The van der Waals surface area contributed by atoms with Crippen LogP contribution in [0.15, 0.2) is 35.3 Å². The summed E-state index contributed by atoms with van der Waals surface area (Å²) in [6.45, 7) is 5.00. The third-order valence-corrected chi connectivity index (χ3v) is 6.11. The Labute approximate surface area is 184 Å². The van der Waals surface area contributed by atoms with Crippen molar-refractivity contribution in [3.05, 3.63) is 63.3 Å². The van der Waals surface area contributed by atoms with E-state index in [0.29, 0.717) is 42.9 Å². The van der Waals surface area contributed by atoms with Crippen molar-refractivity contribution in [1.82, 2.24) is 19.7 Å². The average molecular weight is 440 g/mol. The van der Waals surface area contributed by atoms with Gasteiger partial charge in [0.25, 0.3) is 11.5 Å². The van der Waals surface area contributed by atoms with Gasteiger partial charge >= 0.3 is 0 Å². The number of hydrogen-bond donors (Lipinski definition) is 1. The highest BCUT2D eigenvalue weighted by atomic mass is 19.1. The zero-order valence-corrected chi connectivity index (χ0v) is 18.1. The maximum atomic E-state index is 13.4. The number of carbonyl (C=O) groups excluding carboxylic acids is 3. The average Bonchev–Trinajstić information content (AvgIpc) is 3.12. The van der Waals surface area contributed by atoms with E-state index in [1.165, 1.54) is 35.8 Å². The molecule has 2 aliphatic heterocycles. The van der Waals surface area contributed by atoms with Crippen LogP contribution in [0.4, 0.5) is 4.39 Å². The first-order valence-electron chi connectivity index (χ1n) is 10.7. The summed E-state index contributed by atoms with van der Waals surface area (Å²) in [4.78, 5) is 53.9. The molecule has 1 fully saturated rings. The molecule has 0 saturated carbocycles. The smallest absolute Gasteiger partial charge is 0.268 e. The van der Waals surface area contributed by atoms with Crippen molar-refractivity contribution < 1.29 is 18.8 Å². The largest absolute Gasteiger partial charge is 0.347 e. The van der Waals surface area contributed by atoms with Crippen molar-refractivity contribution in [3.63, 3.8) is 0 Å². The second kappa shape index (κ2) is 8.57. The number of aromatic nitrogens is 1. The number of nitrogens with one attached hydrogen (secondary N) is 1. The number of likely N-dealkylation sites (N-methyl/N-ethyl adjacent to an activating group) is 1. The molecule has 3 heterocycles. The Morgan fingerprint density at radius 1 is 1.19 bits per heavy atom. The number of halogens is 1. The molecule has 9 heteroatoms. The van der Waals surface area contributed by atoms with Crippen LogP contribution in [0.3, 0.4) is 0 Å². The van der Waals surface area contributed by atoms with Gasteiger partial charge in [-0.1, -0.05) is 0 Å². The molecule has 1 N–H and O–H groups in total. The van der Waals surface area contributed by atoms with Crippen molar-refractivity contribution in [2.24, 2.45) is 0 Å². The zero-order valence-electron chi connectivity index (χ0n) is 18.1. The summed E-state index contributed by atoms with van der Waals surface area (Å²) in [5, 5.41) is 2.85. The van der Waals surface area contributed by atoms with Crippen LogP contribution in [0.5, 0.6) is 0 Å². The van der Waals surface area contributed by atoms with Crippen molar-refractivity contribution in [1.29, 1.82) is 0 Å². The van der Waals surface area contributed by atoms with Gasteiger partial charge in [-0.25, -0.2) is 4.39 Å². The van der Waals surface area contributed by atoms with Crippen LogP contribution in [0.25, 0.3) is 5.69 Å². The molecule has 1 aromatic heterocycles. The molecule has 0 bridgehead atoms. The van der Waals surface area contributed by atoms with E-state index in [-0.39, 0.29) is 36.4 Å². The third-order valence-electron chi connectivity index (χ3n) is 6.11. The Bertz CT molecular complexity index is 1140. The van der Waals surface area contributed by atoms with E-state index in [4.69, 9.17) is 0 Å². The van der Waals surface area contributed by atoms with Gasteiger partial charge in [-0.2, -0.15) is 0 Å². The van der Waals surface area contributed by atoms with Crippen LogP contribution in [0.2, 0.25) is 0 Å². The van der Waals surface area contributed by atoms with Crippen LogP contribution >= 0.6 is 0 Å². The molecule has 1 atom stereocenters. The van der Waals surface area contributed by atoms with Gasteiger partial charge in [-0.05, 0) is 48.7 Å². The van der Waals surface area contributed by atoms with Gasteiger partial charge in [0.15, 0.2) is 0 Å². The van der Waals surface area contributed by atoms with Crippen LogP contribution in [0.1, 0.15) is 41.8 Å². The fourth-order valence-corrected chi connectivity index (χ4v) is 4.38. The first kappa shape index (κ1) is 21.7. The van der Waals surface area contributed by atoms with Gasteiger partial charge in [-0.15, -0.1) is 0 Å². The first-order valence-corrected chi connectivity index (χ1v) is 10.7. The van der Waals surface area contributed by atoms with Gasteiger partial charge in [0.1, 0.15) is 11.4 Å². The Kier molecular flexibility index (Phi) is 5.82. The minimum absolute atomic E-state index is 0.0115. The molecular formula is C23H25FN4O4. The summed E-state index contributed by atoms with van der Waals surface area (Å²) in [6, 6.07) is 5.04. The van der Waals surface area contributed by atoms with E-state index in [0.717, 1.165) is 0 Å². The van der Waals surface area contributed by atoms with Gasteiger partial charge in [0.05, 0.1) is 6.04 Å². The molecule has 0 radical (unpaired) electrons. The van der Waals surface area contributed by atoms with Crippen LogP contribution in [0, 0.1) is 5.82 Å². The highest BCUT2D eigenvalue weighted by Crippen LogP contribution is 2.23. The summed E-state index contributed by atoms with van der Waals surface area (Å²) in [5.41, 5.74) is 1.22. The van der Waals surface area contributed by atoms with E-state index in [9.17, 15) is 23.6 Å². The molecule has 3 amide bonds. The normalized spacial score (nSPS) is 18.0. The molecule has 0 aliphatic carbocycles. The lowest BCUT2D eigenvalue weighted by atomic mass is 9.95. The maximum absolute atomic E-state index is 13.4. The summed E-state index contributed by atoms with van der Waals surface area (Å²) in [7, 11) is 0. The Morgan fingerprint density at radius 3 is 2.53 bits per heavy atom. The number of pyridine rings is 1. The summed E-state index contributed by atoms with van der Waals surface area (Å²) < 4.78 is 14.7. The summed E-state index contributed by atoms with van der Waals surface area (Å²) in [5.74, 6) is -1.10. The van der Waals surface area contributed by atoms with E-state index in [1.807, 2.05) is 6.92 Å². The number of fused-ring (bicyclic) bond motifs is 1. The lowest BCUT2D eigenvalue weighted by Crippen LogP contribution is -2.43. The lowest BCUT2D eigenvalue weighted by molar-refractivity contribution is -0.130. The van der Waals surface area contributed by atoms with Crippen molar-refractivity contribution in [2.45, 2.75) is 39.3 Å². The number of hydrogen-bond acceptors (Lipinski definition) is 4. The summed E-state index contributed by atoms with van der Waals surface area (Å²) >= 11 is 0. The second-order valence-electron chi connectivity index (χ2n) is 8.16. The van der Waals surface area contributed by atoms with Crippen LogP contribution in [-0.4, -0.2) is 57.8 Å². The molecule has 1 saturated heterocycles. The minimum atomic E-state index is -0.533. The molecule has 4 rings (SSSR count). The van der Waals surface area contributed by atoms with E-state index < -0.39 is 17.3 Å². The monoisotopic (exact) mass is 440 g/mol. The standard InChI is InChI=1S/C23H25FN4O4/c1-3-26-13-17(10-20(26)30)25-22(31)21-19-8-9-27(14(2)29)11-15(19)12-28(23(21)32)18-6-4-16(24)5-7-18/h4-7,12,17H,3,8-11,13H2,1-2H3,(H,25,31). The number of amides is 3. The SMILES string of the molecule is CCN1CC(NC(=O)c2c3c(cn(-c4ccc(F)cc4)c2=O)CN(C(C)=O)CC3)CC1=O. The van der Waals surface area contributed by atoms with E-state index in [1.54, 1.807) is 16.0 Å². The van der Waals surface area contributed by atoms with Crippen LogP contribution in [-0.2, 0) is 22.6 Å². The fourth-order valence-electron chi connectivity index (χ4n) is 4.38. The maximum Gasteiger partial charge on any atom is 0.268 e. The van der Waals surface area contributed by atoms with E-state index >= 15 is 0 Å². The third kappa shape index (κ3) is 4.02. The number of rotatable bonds is 4. The predicted octanol–water partition coefficient (Wildman–Crippen LogP) is 1.23. The Morgan fingerprint density at radius 2 is 1.91 bits per heavy atom. The molecule has 1 unspecified atom stereocenters. The molecule has 1 aromatic carbocycles. The molecule has 168 valence electrons. The van der Waals surface area contributed by atoms with Gasteiger partial charge in [0, 0.05) is 51.4 Å². The van der Waals surface area contributed by atoms with Gasteiger partial charge in [-0.3, -0.25) is 23.7 Å².